The van der Waals surface area contributed by atoms with E-state index >= 15 is 4.39 Å². The van der Waals surface area contributed by atoms with E-state index in [-0.39, 0.29) is 71.8 Å². The van der Waals surface area contributed by atoms with E-state index in [9.17, 15) is 22.7 Å². The summed E-state index contributed by atoms with van der Waals surface area (Å²) in [6.45, 7) is 2.10. The number of amides is 1. The number of hydrogen-bond donors (Lipinski definition) is 4. The first-order valence-electron chi connectivity index (χ1n) is 16.0. The van der Waals surface area contributed by atoms with E-state index in [4.69, 9.17) is 4.74 Å². The molecule has 0 radical (unpaired) electrons. The molecule has 1 aliphatic carbocycles. The van der Waals surface area contributed by atoms with E-state index in [1.165, 1.54) is 36.4 Å². The van der Waals surface area contributed by atoms with Crippen molar-refractivity contribution in [3.8, 4) is 0 Å². The Balaban J connectivity index is 1.29. The summed E-state index contributed by atoms with van der Waals surface area (Å²) < 4.78 is 63.7. The van der Waals surface area contributed by atoms with Crippen LogP contribution in [-0.2, 0) is 26.0 Å². The number of carbonyl (C=O) groups is 1. The molecule has 1 unspecified atom stereocenters. The Hall–Kier alpha value is -3.22. The fraction of sp³-hybridized carbons (Fsp3) is 0.457. The maximum Gasteiger partial charge on any atom is 0.240 e. The lowest BCUT2D eigenvalue weighted by Crippen LogP contribution is -2.43. The molecule has 0 bridgehead atoms. The van der Waals surface area contributed by atoms with Crippen LogP contribution in [-0.4, -0.2) is 58.4 Å². The molecule has 3 aromatic carbocycles. The smallest absolute Gasteiger partial charge is 0.240 e. The molecule has 2 atom stereocenters. The average Bonchev–Trinajstić information content (AvgIpc) is 3.84. The first kappa shape index (κ1) is 34.1. The topological polar surface area (TPSA) is 117 Å². The fourth-order valence-corrected chi connectivity index (χ4v) is 7.49. The molecule has 8 nitrogen and oxygen atoms in total. The van der Waals surface area contributed by atoms with Crippen LogP contribution in [0.15, 0.2) is 77.7 Å². The van der Waals surface area contributed by atoms with E-state index in [1.807, 2.05) is 0 Å². The second-order valence-electron chi connectivity index (χ2n) is 12.6. The number of benzene rings is 3. The Morgan fingerprint density at radius 3 is 2.37 bits per heavy atom. The van der Waals surface area contributed by atoms with Crippen LogP contribution in [0, 0.1) is 23.0 Å². The summed E-state index contributed by atoms with van der Waals surface area (Å²) in [7, 11) is -3.85. The van der Waals surface area contributed by atoms with Crippen LogP contribution in [0.3, 0.4) is 0 Å². The monoisotopic (exact) mass is 655 g/mol. The molecule has 3 aromatic rings. The first-order chi connectivity index (χ1) is 22.2. The zero-order chi connectivity index (χ0) is 32.6. The van der Waals surface area contributed by atoms with Gasteiger partial charge in [0.15, 0.2) is 0 Å². The van der Waals surface area contributed by atoms with Gasteiger partial charge in [0.05, 0.1) is 4.90 Å². The SMILES string of the molecule is O=C(CC(c1ccc(F)cc1)C1CCOCC1)Nc1cccc(F)c1CC[C@@H](CNCC1(CO)CC1)NS(=O)(=O)c1ccccc1. The third-order valence-electron chi connectivity index (χ3n) is 9.23. The molecular weight excluding hydrogens is 612 g/mol. The minimum Gasteiger partial charge on any atom is -0.396 e. The summed E-state index contributed by atoms with van der Waals surface area (Å²) >= 11 is 0. The van der Waals surface area contributed by atoms with E-state index in [1.54, 1.807) is 36.4 Å². The van der Waals surface area contributed by atoms with Crippen molar-refractivity contribution in [3.63, 3.8) is 0 Å². The molecule has 0 spiro atoms. The van der Waals surface area contributed by atoms with E-state index in [0.29, 0.717) is 25.4 Å². The minimum absolute atomic E-state index is 0.0647. The van der Waals surface area contributed by atoms with Gasteiger partial charge in [0, 0.05) is 62.0 Å². The van der Waals surface area contributed by atoms with Gasteiger partial charge in [-0.3, -0.25) is 4.79 Å². The Kier molecular flexibility index (Phi) is 11.6. The standard InChI is InChI=1S/C35H43F2N3O5S/c36-27-11-9-25(10-12-27)31(26-15-19-45-20-16-26)21-34(42)39-33-8-4-7-32(37)30(33)14-13-28(22-38-23-35(24-41)17-18-35)40-46(43,44)29-5-2-1-3-6-29/h1-12,26,28,31,38,40-41H,13-24H2,(H,39,42)/t28-,31?/m0/s1. The number of ether oxygens (including phenoxy) is 1. The normalized spacial score (nSPS) is 17.7. The summed E-state index contributed by atoms with van der Waals surface area (Å²) in [5.41, 5.74) is 1.34. The van der Waals surface area contributed by atoms with Crippen LogP contribution < -0.4 is 15.4 Å². The minimum atomic E-state index is -3.85. The van der Waals surface area contributed by atoms with Gasteiger partial charge in [0.1, 0.15) is 11.6 Å². The second kappa shape index (κ2) is 15.6. The van der Waals surface area contributed by atoms with Crippen LogP contribution in [0.2, 0.25) is 0 Å². The first-order valence-corrected chi connectivity index (χ1v) is 17.5. The zero-order valence-corrected chi connectivity index (χ0v) is 26.7. The lowest BCUT2D eigenvalue weighted by atomic mass is 9.79. The van der Waals surface area contributed by atoms with Gasteiger partial charge in [-0.2, -0.15) is 0 Å². The zero-order valence-electron chi connectivity index (χ0n) is 25.9. The predicted octanol–water partition coefficient (Wildman–Crippen LogP) is 5.15. The number of hydrogen-bond acceptors (Lipinski definition) is 6. The summed E-state index contributed by atoms with van der Waals surface area (Å²) in [6.07, 6.45) is 3.95. The molecule has 46 heavy (non-hydrogen) atoms. The highest BCUT2D eigenvalue weighted by atomic mass is 32.2. The van der Waals surface area contributed by atoms with E-state index in [2.05, 4.69) is 15.4 Å². The van der Waals surface area contributed by atoms with Crippen molar-refractivity contribution in [1.29, 1.82) is 0 Å². The summed E-state index contributed by atoms with van der Waals surface area (Å²) in [5, 5.41) is 15.9. The molecule has 1 aliphatic heterocycles. The third kappa shape index (κ3) is 9.19. The highest BCUT2D eigenvalue weighted by Crippen LogP contribution is 2.44. The third-order valence-corrected chi connectivity index (χ3v) is 10.8. The number of aliphatic hydroxyl groups excluding tert-OH is 1. The molecule has 1 heterocycles. The van der Waals surface area contributed by atoms with Gasteiger partial charge >= 0.3 is 0 Å². The van der Waals surface area contributed by atoms with Gasteiger partial charge in [-0.1, -0.05) is 36.4 Å². The fourth-order valence-electron chi connectivity index (χ4n) is 6.20. The van der Waals surface area contributed by atoms with Gasteiger partial charge in [-0.15, -0.1) is 0 Å². The van der Waals surface area contributed by atoms with E-state index < -0.39 is 21.9 Å². The number of anilines is 1. The number of sulfonamides is 1. The van der Waals surface area contributed by atoms with Crippen LogP contribution in [0.4, 0.5) is 14.5 Å². The van der Waals surface area contributed by atoms with Crippen LogP contribution >= 0.6 is 0 Å². The van der Waals surface area contributed by atoms with Crippen LogP contribution in [0.25, 0.3) is 0 Å². The number of carbonyl (C=O) groups excluding carboxylic acids is 1. The second-order valence-corrected chi connectivity index (χ2v) is 14.3. The number of aliphatic hydroxyl groups is 1. The maximum atomic E-state index is 15.3. The van der Waals surface area contributed by atoms with Crippen molar-refractivity contribution in [2.75, 3.05) is 38.2 Å². The molecule has 5 rings (SSSR count). The number of halogens is 2. The quantitative estimate of drug-likeness (QED) is 0.170. The molecule has 248 valence electrons. The van der Waals surface area contributed by atoms with Crippen molar-refractivity contribution in [1.82, 2.24) is 10.0 Å². The molecule has 1 saturated carbocycles. The molecule has 1 amide bonds. The summed E-state index contributed by atoms with van der Waals surface area (Å²) in [4.78, 5) is 13.6. The lowest BCUT2D eigenvalue weighted by Gasteiger charge is -2.30. The van der Waals surface area contributed by atoms with Gasteiger partial charge < -0.3 is 20.5 Å². The predicted molar refractivity (Wildman–Crippen MR) is 173 cm³/mol. The Labute approximate surface area is 270 Å². The summed E-state index contributed by atoms with van der Waals surface area (Å²) in [6, 6.07) is 18.2. The Morgan fingerprint density at radius 2 is 1.70 bits per heavy atom. The summed E-state index contributed by atoms with van der Waals surface area (Å²) in [5.74, 6) is -1.09. The van der Waals surface area contributed by atoms with Crippen molar-refractivity contribution in [3.05, 3.63) is 95.6 Å². The van der Waals surface area contributed by atoms with Gasteiger partial charge in [0.25, 0.3) is 0 Å². The lowest BCUT2D eigenvalue weighted by molar-refractivity contribution is -0.117. The van der Waals surface area contributed by atoms with E-state index in [0.717, 1.165) is 31.2 Å². The Bertz CT molecular complexity index is 1550. The molecule has 0 aromatic heterocycles. The molecule has 11 heteroatoms. The molecule has 2 aliphatic rings. The van der Waals surface area contributed by atoms with Crippen molar-refractivity contribution in [2.24, 2.45) is 11.3 Å². The molecule has 2 fully saturated rings. The van der Waals surface area contributed by atoms with Gasteiger partial charge in [0.2, 0.25) is 15.9 Å². The number of rotatable bonds is 16. The highest BCUT2D eigenvalue weighted by Gasteiger charge is 2.41. The largest absolute Gasteiger partial charge is 0.396 e. The highest BCUT2D eigenvalue weighted by molar-refractivity contribution is 7.89. The van der Waals surface area contributed by atoms with Gasteiger partial charge in [-0.25, -0.2) is 21.9 Å². The van der Waals surface area contributed by atoms with Crippen molar-refractivity contribution >= 4 is 21.6 Å². The van der Waals surface area contributed by atoms with Crippen LogP contribution in [0.1, 0.15) is 55.6 Å². The van der Waals surface area contributed by atoms with Crippen molar-refractivity contribution < 1.29 is 31.8 Å². The molecule has 4 N–H and O–H groups in total. The maximum absolute atomic E-state index is 15.3. The van der Waals surface area contributed by atoms with Gasteiger partial charge in [-0.05, 0) is 92.3 Å². The average molecular weight is 656 g/mol. The van der Waals surface area contributed by atoms with Crippen molar-refractivity contribution in [2.45, 2.75) is 61.8 Å². The number of nitrogens with one attached hydrogen (secondary N) is 3. The molecular formula is C35H43F2N3O5S. The van der Waals surface area contributed by atoms with Crippen LogP contribution in [0.5, 0.6) is 0 Å². The molecule has 1 saturated heterocycles. The Morgan fingerprint density at radius 1 is 0.978 bits per heavy atom.